The van der Waals surface area contributed by atoms with Crippen molar-refractivity contribution in [1.82, 2.24) is 15.5 Å². The first kappa shape index (κ1) is 19.0. The van der Waals surface area contributed by atoms with Gasteiger partial charge in [-0.25, -0.2) is 0 Å². The highest BCUT2D eigenvalue weighted by molar-refractivity contribution is 5.75. The van der Waals surface area contributed by atoms with E-state index in [9.17, 15) is 9.59 Å². The van der Waals surface area contributed by atoms with Gasteiger partial charge in [0.2, 0.25) is 23.6 Å². The van der Waals surface area contributed by atoms with Gasteiger partial charge < -0.3 is 21.2 Å². The fourth-order valence-electron chi connectivity index (χ4n) is 1.62. The quantitative estimate of drug-likeness (QED) is 0.595. The van der Waals surface area contributed by atoms with Crippen molar-refractivity contribution in [2.45, 2.75) is 52.5 Å². The van der Waals surface area contributed by atoms with E-state index in [1.807, 2.05) is 13.8 Å². The number of nitrogens with two attached hydrogens (primary N) is 2. The van der Waals surface area contributed by atoms with Crippen molar-refractivity contribution < 1.29 is 14.0 Å². The van der Waals surface area contributed by atoms with Crippen LogP contribution in [0.2, 0.25) is 0 Å². The van der Waals surface area contributed by atoms with Crippen molar-refractivity contribution in [3.63, 3.8) is 0 Å². The molecule has 0 aliphatic rings. The lowest BCUT2D eigenvalue weighted by Gasteiger charge is -2.13. The minimum atomic E-state index is -0.547. The van der Waals surface area contributed by atoms with Gasteiger partial charge in [-0.15, -0.1) is 10.2 Å². The van der Waals surface area contributed by atoms with Crippen molar-refractivity contribution in [3.8, 4) is 0 Å². The van der Waals surface area contributed by atoms with Gasteiger partial charge in [0.1, 0.15) is 12.5 Å². The Morgan fingerprint density at radius 3 is 2.48 bits per heavy atom. The van der Waals surface area contributed by atoms with Crippen LogP contribution in [0.15, 0.2) is 4.42 Å². The first-order valence-corrected chi connectivity index (χ1v) is 7.10. The molecule has 1 rings (SSSR count). The summed E-state index contributed by atoms with van der Waals surface area (Å²) < 4.78 is 5.32. The molecule has 1 atom stereocenters. The zero-order valence-corrected chi connectivity index (χ0v) is 12.9. The summed E-state index contributed by atoms with van der Waals surface area (Å²) in [5.41, 5.74) is 10.5. The van der Waals surface area contributed by atoms with Gasteiger partial charge in [-0.2, -0.15) is 0 Å². The van der Waals surface area contributed by atoms with E-state index in [0.29, 0.717) is 13.0 Å². The Hall–Kier alpha value is -1.96. The molecule has 0 aliphatic heterocycles. The van der Waals surface area contributed by atoms with E-state index in [1.54, 1.807) is 0 Å². The molecule has 0 aromatic carbocycles. The van der Waals surface area contributed by atoms with Crippen LogP contribution in [-0.4, -0.2) is 28.6 Å². The van der Waals surface area contributed by atoms with Crippen LogP contribution in [0.5, 0.6) is 0 Å². The number of amides is 2. The van der Waals surface area contributed by atoms with Crippen LogP contribution in [0.25, 0.3) is 0 Å². The lowest BCUT2D eigenvalue weighted by Crippen LogP contribution is -2.26. The molecule has 120 valence electrons. The van der Waals surface area contributed by atoms with Gasteiger partial charge in [-0.1, -0.05) is 13.8 Å². The van der Waals surface area contributed by atoms with Crippen molar-refractivity contribution >= 4 is 11.8 Å². The van der Waals surface area contributed by atoms with E-state index in [4.69, 9.17) is 15.9 Å². The van der Waals surface area contributed by atoms with Crippen molar-refractivity contribution in [2.75, 3.05) is 6.54 Å². The molecule has 8 nitrogen and oxygen atoms in total. The van der Waals surface area contributed by atoms with E-state index in [-0.39, 0.29) is 30.2 Å². The van der Waals surface area contributed by atoms with E-state index >= 15 is 0 Å². The van der Waals surface area contributed by atoms with E-state index in [1.165, 1.54) is 6.92 Å². The number of nitrogens with one attached hydrogen (secondary N) is 1. The number of nitrogens with zero attached hydrogens (tertiary/aromatic N) is 2. The molecule has 1 unspecified atom stereocenters. The molecule has 5 N–H and O–H groups in total. The second-order valence-corrected chi connectivity index (χ2v) is 4.21. The minimum Gasteiger partial charge on any atom is -0.422 e. The zero-order valence-electron chi connectivity index (χ0n) is 12.9. The molecule has 0 saturated carbocycles. The van der Waals surface area contributed by atoms with Gasteiger partial charge in [-0.3, -0.25) is 9.59 Å². The SMILES string of the molecule is CC.CC(=O)NC(CCCCN)c1nnc(CC(N)=O)o1. The number of primary amides is 1. The van der Waals surface area contributed by atoms with Gasteiger partial charge >= 0.3 is 0 Å². The van der Waals surface area contributed by atoms with Crippen LogP contribution in [-0.2, 0) is 16.0 Å². The highest BCUT2D eigenvalue weighted by atomic mass is 16.4. The first-order valence-electron chi connectivity index (χ1n) is 7.10. The number of aromatic nitrogens is 2. The summed E-state index contributed by atoms with van der Waals surface area (Å²) in [6, 6.07) is -0.363. The first-order chi connectivity index (χ1) is 10.0. The molecular formula is C13H25N5O3. The van der Waals surface area contributed by atoms with Gasteiger partial charge in [0.15, 0.2) is 0 Å². The van der Waals surface area contributed by atoms with E-state index < -0.39 is 5.91 Å². The smallest absolute Gasteiger partial charge is 0.238 e. The zero-order chi connectivity index (χ0) is 16.3. The number of unbranched alkanes of at least 4 members (excludes halogenated alkanes) is 1. The van der Waals surface area contributed by atoms with E-state index in [2.05, 4.69) is 15.5 Å². The number of hydrogen-bond acceptors (Lipinski definition) is 6. The molecular weight excluding hydrogens is 274 g/mol. The fourth-order valence-corrected chi connectivity index (χ4v) is 1.62. The molecule has 2 amide bonds. The Labute approximate surface area is 124 Å². The average Bonchev–Trinajstić information content (AvgIpc) is 2.87. The summed E-state index contributed by atoms with van der Waals surface area (Å²) in [5, 5.41) is 10.3. The third-order valence-electron chi connectivity index (χ3n) is 2.43. The summed E-state index contributed by atoms with van der Waals surface area (Å²) in [7, 11) is 0. The molecule has 8 heteroatoms. The maximum atomic E-state index is 11.1. The predicted molar refractivity (Wildman–Crippen MR) is 78.0 cm³/mol. The van der Waals surface area contributed by atoms with E-state index in [0.717, 1.165) is 12.8 Å². The summed E-state index contributed by atoms with van der Waals surface area (Å²) >= 11 is 0. The van der Waals surface area contributed by atoms with Crippen LogP contribution < -0.4 is 16.8 Å². The van der Waals surface area contributed by atoms with Crippen LogP contribution in [0.3, 0.4) is 0 Å². The maximum Gasteiger partial charge on any atom is 0.238 e. The van der Waals surface area contributed by atoms with Gasteiger partial charge in [0.05, 0.1) is 0 Å². The van der Waals surface area contributed by atoms with Gasteiger partial charge in [0.25, 0.3) is 0 Å². The van der Waals surface area contributed by atoms with Crippen LogP contribution in [0, 0.1) is 0 Å². The van der Waals surface area contributed by atoms with Crippen molar-refractivity contribution in [3.05, 3.63) is 11.8 Å². The second-order valence-electron chi connectivity index (χ2n) is 4.21. The normalized spacial score (nSPS) is 11.2. The lowest BCUT2D eigenvalue weighted by molar-refractivity contribution is -0.120. The van der Waals surface area contributed by atoms with Gasteiger partial charge in [0, 0.05) is 6.92 Å². The number of rotatable bonds is 8. The van der Waals surface area contributed by atoms with Crippen molar-refractivity contribution in [1.29, 1.82) is 0 Å². The maximum absolute atomic E-state index is 11.1. The highest BCUT2D eigenvalue weighted by Gasteiger charge is 2.19. The molecule has 0 bridgehead atoms. The summed E-state index contributed by atoms with van der Waals surface area (Å²) in [6.07, 6.45) is 2.21. The highest BCUT2D eigenvalue weighted by Crippen LogP contribution is 2.18. The summed E-state index contributed by atoms with van der Waals surface area (Å²) in [6.45, 7) is 6.00. The monoisotopic (exact) mass is 299 g/mol. The fraction of sp³-hybridized carbons (Fsp3) is 0.692. The number of carbonyl (C=O) groups is 2. The lowest BCUT2D eigenvalue weighted by atomic mass is 10.1. The molecule has 21 heavy (non-hydrogen) atoms. The Bertz CT molecular complexity index is 433. The average molecular weight is 299 g/mol. The standard InChI is InChI=1S/C11H19N5O3.C2H6/c1-7(17)14-8(4-2-3-5-12)11-16-15-10(19-11)6-9(13)18;1-2/h8H,2-6,12H2,1H3,(H2,13,18)(H,14,17);1-2H3. The Balaban J connectivity index is 0.00000191. The Kier molecular flexibility index (Phi) is 9.78. The third kappa shape index (κ3) is 8.03. The minimum absolute atomic E-state index is 0.109. The summed E-state index contributed by atoms with van der Waals surface area (Å²) in [5.74, 6) is -0.304. The van der Waals surface area contributed by atoms with Crippen LogP contribution in [0.1, 0.15) is 57.9 Å². The molecule has 1 aromatic heterocycles. The number of hydrogen-bond donors (Lipinski definition) is 3. The summed E-state index contributed by atoms with van der Waals surface area (Å²) in [4.78, 5) is 21.9. The molecule has 0 saturated heterocycles. The van der Waals surface area contributed by atoms with Crippen LogP contribution >= 0.6 is 0 Å². The Morgan fingerprint density at radius 1 is 1.29 bits per heavy atom. The molecule has 0 spiro atoms. The van der Waals surface area contributed by atoms with Crippen molar-refractivity contribution in [2.24, 2.45) is 11.5 Å². The van der Waals surface area contributed by atoms with Crippen LogP contribution in [0.4, 0.5) is 0 Å². The largest absolute Gasteiger partial charge is 0.422 e. The number of carbonyl (C=O) groups excluding carboxylic acids is 2. The predicted octanol–water partition coefficient (Wildman–Crippen LogP) is 0.430. The molecule has 1 heterocycles. The third-order valence-corrected chi connectivity index (χ3v) is 2.43. The Morgan fingerprint density at radius 2 is 1.95 bits per heavy atom. The second kappa shape index (κ2) is 10.8. The molecule has 1 aromatic rings. The topological polar surface area (TPSA) is 137 Å². The van der Waals surface area contributed by atoms with Gasteiger partial charge in [-0.05, 0) is 25.8 Å². The molecule has 0 aliphatic carbocycles. The molecule has 0 radical (unpaired) electrons. The molecule has 0 fully saturated rings.